The Morgan fingerprint density at radius 1 is 1.38 bits per heavy atom. The summed E-state index contributed by atoms with van der Waals surface area (Å²) in [5.41, 5.74) is 1.97. The number of nitrogens with zero attached hydrogens (tertiary/aromatic N) is 1. The fraction of sp³-hybridized carbons (Fsp3) is 0.300. The molecule has 1 atom stereocenters. The van der Waals surface area contributed by atoms with E-state index in [4.69, 9.17) is 9.94 Å². The van der Waals surface area contributed by atoms with E-state index in [1.807, 2.05) is 19.1 Å². The number of benzene rings is 1. The first kappa shape index (κ1) is 8.10. The van der Waals surface area contributed by atoms with Crippen molar-refractivity contribution in [2.24, 2.45) is 5.16 Å². The zero-order chi connectivity index (χ0) is 9.26. The van der Waals surface area contributed by atoms with Gasteiger partial charge in [-0.3, -0.25) is 0 Å². The van der Waals surface area contributed by atoms with E-state index in [2.05, 4.69) is 5.16 Å². The zero-order valence-corrected chi connectivity index (χ0v) is 7.40. The highest BCUT2D eigenvalue weighted by molar-refractivity contribution is 6.01. The van der Waals surface area contributed by atoms with Crippen LogP contribution >= 0.6 is 0 Å². The molecule has 3 nitrogen and oxygen atoms in total. The molecule has 0 spiro atoms. The van der Waals surface area contributed by atoms with Gasteiger partial charge in [-0.05, 0) is 36.8 Å². The second-order valence-electron chi connectivity index (χ2n) is 3.21. The minimum absolute atomic E-state index is 0.170. The van der Waals surface area contributed by atoms with Crippen LogP contribution in [0.3, 0.4) is 0 Å². The van der Waals surface area contributed by atoms with Gasteiger partial charge in [0.15, 0.2) is 0 Å². The summed E-state index contributed by atoms with van der Waals surface area (Å²) in [4.78, 5) is 5.08. The van der Waals surface area contributed by atoms with E-state index in [-0.39, 0.29) is 11.9 Å². The average molecular weight is 177 g/mol. The van der Waals surface area contributed by atoms with Crippen LogP contribution in [0, 0.1) is 0 Å². The molecule has 0 amide bonds. The first-order valence-corrected chi connectivity index (χ1v) is 4.28. The van der Waals surface area contributed by atoms with Crippen molar-refractivity contribution in [2.45, 2.75) is 19.4 Å². The summed E-state index contributed by atoms with van der Waals surface area (Å²) in [6.45, 7) is 1.98. The molecular weight excluding hydrogens is 166 g/mol. The van der Waals surface area contributed by atoms with Crippen LogP contribution in [0.2, 0.25) is 0 Å². The van der Waals surface area contributed by atoms with Crippen molar-refractivity contribution in [3.8, 4) is 5.75 Å². The quantitative estimate of drug-likeness (QED) is 0.711. The molecule has 1 aromatic rings. The number of hydrogen-bond donors (Lipinski definition) is 1. The van der Waals surface area contributed by atoms with Crippen LogP contribution in [-0.2, 0) is 4.84 Å². The number of phenols is 1. The standard InChI is InChI=1S/C10H11NO2/c1-7-6-10(11-13-7)8-2-4-9(12)5-3-8/h2-5,7,12H,6H2,1H3. The van der Waals surface area contributed by atoms with Gasteiger partial charge < -0.3 is 9.94 Å². The van der Waals surface area contributed by atoms with E-state index in [9.17, 15) is 0 Å². The van der Waals surface area contributed by atoms with E-state index in [1.165, 1.54) is 0 Å². The topological polar surface area (TPSA) is 41.8 Å². The first-order valence-electron chi connectivity index (χ1n) is 4.28. The van der Waals surface area contributed by atoms with Crippen molar-refractivity contribution < 1.29 is 9.94 Å². The Hall–Kier alpha value is -1.51. The number of aromatic hydroxyl groups is 1. The SMILES string of the molecule is CC1CC(c2ccc(O)cc2)=NO1. The van der Waals surface area contributed by atoms with Gasteiger partial charge in [0.25, 0.3) is 0 Å². The van der Waals surface area contributed by atoms with Gasteiger partial charge in [0.1, 0.15) is 11.9 Å². The molecule has 1 aromatic carbocycles. The molecule has 1 N–H and O–H groups in total. The summed E-state index contributed by atoms with van der Waals surface area (Å²) < 4.78 is 0. The number of phenolic OH excluding ortho intramolecular Hbond substituents is 1. The highest BCUT2D eigenvalue weighted by Gasteiger charge is 2.17. The van der Waals surface area contributed by atoms with E-state index in [0.717, 1.165) is 17.7 Å². The summed E-state index contributed by atoms with van der Waals surface area (Å²) in [7, 11) is 0. The molecule has 0 aromatic heterocycles. The van der Waals surface area contributed by atoms with Gasteiger partial charge >= 0.3 is 0 Å². The Bertz CT molecular complexity index is 329. The molecule has 0 aliphatic carbocycles. The molecule has 0 radical (unpaired) electrons. The minimum atomic E-state index is 0.170. The molecule has 1 heterocycles. The third-order valence-electron chi connectivity index (χ3n) is 2.02. The maximum Gasteiger partial charge on any atom is 0.130 e. The molecule has 3 heteroatoms. The highest BCUT2D eigenvalue weighted by Crippen LogP contribution is 2.18. The van der Waals surface area contributed by atoms with Gasteiger partial charge in [-0.25, -0.2) is 0 Å². The molecule has 0 fully saturated rings. The maximum atomic E-state index is 9.08. The Kier molecular flexibility index (Phi) is 1.93. The Morgan fingerprint density at radius 3 is 2.62 bits per heavy atom. The predicted molar refractivity (Wildman–Crippen MR) is 49.8 cm³/mol. The van der Waals surface area contributed by atoms with Crippen molar-refractivity contribution in [1.82, 2.24) is 0 Å². The second-order valence-corrected chi connectivity index (χ2v) is 3.21. The molecule has 0 saturated carbocycles. The van der Waals surface area contributed by atoms with Crippen molar-refractivity contribution in [3.63, 3.8) is 0 Å². The zero-order valence-electron chi connectivity index (χ0n) is 7.40. The molecule has 1 aliphatic rings. The number of rotatable bonds is 1. The average Bonchev–Trinajstić information content (AvgIpc) is 2.53. The monoisotopic (exact) mass is 177 g/mol. The minimum Gasteiger partial charge on any atom is -0.508 e. The molecule has 0 bridgehead atoms. The van der Waals surface area contributed by atoms with Crippen molar-refractivity contribution in [1.29, 1.82) is 0 Å². The summed E-state index contributed by atoms with van der Waals surface area (Å²) in [6, 6.07) is 6.99. The van der Waals surface area contributed by atoms with Crippen LogP contribution in [0.4, 0.5) is 0 Å². The fourth-order valence-electron chi connectivity index (χ4n) is 1.32. The summed E-state index contributed by atoms with van der Waals surface area (Å²) in [5, 5.41) is 13.0. The van der Waals surface area contributed by atoms with Gasteiger partial charge in [-0.2, -0.15) is 0 Å². The van der Waals surface area contributed by atoms with Crippen LogP contribution in [0.15, 0.2) is 29.4 Å². The van der Waals surface area contributed by atoms with Crippen LogP contribution in [0.5, 0.6) is 5.75 Å². The third kappa shape index (κ3) is 1.64. The van der Waals surface area contributed by atoms with E-state index >= 15 is 0 Å². The summed E-state index contributed by atoms with van der Waals surface area (Å²) in [6.07, 6.45) is 1.01. The predicted octanol–water partition coefficient (Wildman–Crippen LogP) is 1.91. The smallest absolute Gasteiger partial charge is 0.130 e. The molecule has 13 heavy (non-hydrogen) atoms. The first-order chi connectivity index (χ1) is 6.25. The second kappa shape index (κ2) is 3.09. The lowest BCUT2D eigenvalue weighted by Crippen LogP contribution is -2.02. The Morgan fingerprint density at radius 2 is 2.08 bits per heavy atom. The molecule has 0 saturated heterocycles. The van der Waals surface area contributed by atoms with Crippen LogP contribution in [0.25, 0.3) is 0 Å². The summed E-state index contributed by atoms with van der Waals surface area (Å²) in [5.74, 6) is 0.274. The van der Waals surface area contributed by atoms with Crippen molar-refractivity contribution >= 4 is 5.71 Å². The fourth-order valence-corrected chi connectivity index (χ4v) is 1.32. The third-order valence-corrected chi connectivity index (χ3v) is 2.02. The summed E-state index contributed by atoms with van der Waals surface area (Å²) >= 11 is 0. The maximum absolute atomic E-state index is 9.08. The van der Waals surface area contributed by atoms with Crippen LogP contribution in [0.1, 0.15) is 18.9 Å². The van der Waals surface area contributed by atoms with Gasteiger partial charge in [-0.15, -0.1) is 0 Å². The van der Waals surface area contributed by atoms with Gasteiger partial charge in [0.2, 0.25) is 0 Å². The largest absolute Gasteiger partial charge is 0.508 e. The van der Waals surface area contributed by atoms with E-state index in [1.54, 1.807) is 12.1 Å². The number of hydrogen-bond acceptors (Lipinski definition) is 3. The van der Waals surface area contributed by atoms with E-state index < -0.39 is 0 Å². The normalized spacial score (nSPS) is 21.0. The Labute approximate surface area is 76.6 Å². The van der Waals surface area contributed by atoms with Gasteiger partial charge in [0.05, 0.1) is 5.71 Å². The molecule has 68 valence electrons. The lowest BCUT2D eigenvalue weighted by molar-refractivity contribution is 0.0995. The van der Waals surface area contributed by atoms with Crippen molar-refractivity contribution in [3.05, 3.63) is 29.8 Å². The highest BCUT2D eigenvalue weighted by atomic mass is 16.6. The van der Waals surface area contributed by atoms with Crippen LogP contribution in [-0.4, -0.2) is 16.9 Å². The molecule has 1 unspecified atom stereocenters. The van der Waals surface area contributed by atoms with Crippen LogP contribution < -0.4 is 0 Å². The lowest BCUT2D eigenvalue weighted by Gasteiger charge is -1.98. The molecule has 1 aliphatic heterocycles. The Balaban J connectivity index is 2.22. The lowest BCUT2D eigenvalue weighted by atomic mass is 10.1. The molecular formula is C10H11NO2. The van der Waals surface area contributed by atoms with Gasteiger partial charge in [0, 0.05) is 6.42 Å². The molecule has 2 rings (SSSR count). The van der Waals surface area contributed by atoms with E-state index in [0.29, 0.717) is 0 Å². The van der Waals surface area contributed by atoms with Crippen molar-refractivity contribution in [2.75, 3.05) is 0 Å². The number of oxime groups is 1. The van der Waals surface area contributed by atoms with Gasteiger partial charge in [-0.1, -0.05) is 5.16 Å².